The Kier molecular flexibility index (Phi) is 6.58. The zero-order valence-corrected chi connectivity index (χ0v) is 17.7. The number of benzene rings is 2. The van der Waals surface area contributed by atoms with Gasteiger partial charge in [-0.1, -0.05) is 42.5 Å². The van der Waals surface area contributed by atoms with Gasteiger partial charge < -0.3 is 9.47 Å². The second-order valence-electron chi connectivity index (χ2n) is 6.72. The number of aromatic nitrogens is 3. The standard InChI is InChI=1S/C21H24N4.2ClH/c1-5-24-17-13-9-10-14-18(17)25-20(15(2)23(3)4)19(22-21(24)25)16-11-7-6-8-12-16;;/h6-15H,5H2,1-4H3;2*1H. The Morgan fingerprint density at radius 2 is 1.52 bits per heavy atom. The maximum Gasteiger partial charge on any atom is 0.215 e. The molecule has 4 aromatic rings. The SMILES string of the molecule is CCn1c2ccccc2n2c(C(C)N(C)C)c(-c3ccccc3)nc12.Cl.Cl. The summed E-state index contributed by atoms with van der Waals surface area (Å²) in [5.74, 6) is 1.02. The average Bonchev–Trinajstić information content (AvgIpc) is 3.16. The number of imidazole rings is 2. The number of hydrogen-bond acceptors (Lipinski definition) is 2. The molecule has 0 N–H and O–H groups in total. The van der Waals surface area contributed by atoms with Crippen LogP contribution in [0, 0.1) is 0 Å². The summed E-state index contributed by atoms with van der Waals surface area (Å²) >= 11 is 0. The van der Waals surface area contributed by atoms with Crippen LogP contribution in [0.5, 0.6) is 0 Å². The van der Waals surface area contributed by atoms with Gasteiger partial charge in [-0.3, -0.25) is 4.40 Å². The molecule has 0 radical (unpaired) electrons. The minimum absolute atomic E-state index is 0. The maximum atomic E-state index is 5.09. The van der Waals surface area contributed by atoms with Crippen molar-refractivity contribution in [3.8, 4) is 11.3 Å². The largest absolute Gasteiger partial charge is 0.310 e. The third kappa shape index (κ3) is 3.33. The number of fused-ring (bicyclic) bond motifs is 3. The fourth-order valence-electron chi connectivity index (χ4n) is 3.58. The van der Waals surface area contributed by atoms with Gasteiger partial charge in [0.25, 0.3) is 0 Å². The molecular weight excluding hydrogens is 379 g/mol. The minimum Gasteiger partial charge on any atom is -0.310 e. The molecule has 2 aromatic heterocycles. The van der Waals surface area contributed by atoms with Gasteiger partial charge >= 0.3 is 0 Å². The lowest BCUT2D eigenvalue weighted by Gasteiger charge is -2.21. The first kappa shape index (κ1) is 21.3. The Balaban J connectivity index is 0.00000131. The summed E-state index contributed by atoms with van der Waals surface area (Å²) in [6.07, 6.45) is 0. The van der Waals surface area contributed by atoms with E-state index in [0.717, 1.165) is 18.0 Å². The second-order valence-corrected chi connectivity index (χ2v) is 6.72. The third-order valence-corrected chi connectivity index (χ3v) is 5.08. The van der Waals surface area contributed by atoms with Crippen molar-refractivity contribution in [3.63, 3.8) is 0 Å². The molecule has 4 rings (SSSR count). The van der Waals surface area contributed by atoms with E-state index in [-0.39, 0.29) is 30.9 Å². The van der Waals surface area contributed by atoms with Crippen molar-refractivity contribution in [1.82, 2.24) is 18.9 Å². The summed E-state index contributed by atoms with van der Waals surface area (Å²) in [6.45, 7) is 5.32. The Labute approximate surface area is 172 Å². The van der Waals surface area contributed by atoms with Crippen LogP contribution in [0.25, 0.3) is 28.1 Å². The predicted octanol–water partition coefficient (Wildman–Crippen LogP) is 5.44. The van der Waals surface area contributed by atoms with Crippen molar-refractivity contribution in [2.75, 3.05) is 14.1 Å². The van der Waals surface area contributed by atoms with Crippen LogP contribution in [-0.2, 0) is 6.54 Å². The predicted molar refractivity (Wildman–Crippen MR) is 118 cm³/mol. The van der Waals surface area contributed by atoms with Crippen molar-refractivity contribution in [2.45, 2.75) is 26.4 Å². The third-order valence-electron chi connectivity index (χ3n) is 5.08. The Bertz CT molecular complexity index is 1030. The molecule has 4 nitrogen and oxygen atoms in total. The van der Waals surface area contributed by atoms with Gasteiger partial charge in [0.2, 0.25) is 5.78 Å². The Hall–Kier alpha value is -2.01. The number of halogens is 2. The maximum absolute atomic E-state index is 5.09. The first-order chi connectivity index (χ1) is 12.1. The summed E-state index contributed by atoms with van der Waals surface area (Å²) in [5.41, 5.74) is 5.94. The van der Waals surface area contributed by atoms with Gasteiger partial charge in [-0.2, -0.15) is 0 Å². The van der Waals surface area contributed by atoms with E-state index in [1.54, 1.807) is 0 Å². The monoisotopic (exact) mass is 404 g/mol. The summed E-state index contributed by atoms with van der Waals surface area (Å²) in [4.78, 5) is 7.34. The zero-order valence-electron chi connectivity index (χ0n) is 16.1. The lowest BCUT2D eigenvalue weighted by Crippen LogP contribution is -2.19. The summed E-state index contributed by atoms with van der Waals surface area (Å²) in [7, 11) is 4.25. The van der Waals surface area contributed by atoms with Gasteiger partial charge in [0.05, 0.1) is 22.4 Å². The van der Waals surface area contributed by atoms with E-state index >= 15 is 0 Å². The molecule has 0 saturated carbocycles. The normalized spacial score (nSPS) is 12.2. The van der Waals surface area contributed by atoms with Crippen LogP contribution >= 0.6 is 24.8 Å². The van der Waals surface area contributed by atoms with E-state index < -0.39 is 0 Å². The van der Waals surface area contributed by atoms with Gasteiger partial charge in [-0.05, 0) is 40.1 Å². The highest BCUT2D eigenvalue weighted by Crippen LogP contribution is 2.34. The molecule has 0 aliphatic heterocycles. The highest BCUT2D eigenvalue weighted by atomic mass is 35.5. The smallest absolute Gasteiger partial charge is 0.215 e. The van der Waals surface area contributed by atoms with Gasteiger partial charge in [0.15, 0.2) is 0 Å². The topological polar surface area (TPSA) is 25.5 Å². The first-order valence-corrected chi connectivity index (χ1v) is 8.85. The lowest BCUT2D eigenvalue weighted by molar-refractivity contribution is 0.315. The van der Waals surface area contributed by atoms with Crippen LogP contribution in [0.1, 0.15) is 25.6 Å². The number of rotatable bonds is 4. The fourth-order valence-corrected chi connectivity index (χ4v) is 3.58. The molecule has 27 heavy (non-hydrogen) atoms. The molecule has 1 unspecified atom stereocenters. The molecule has 2 heterocycles. The molecule has 0 saturated heterocycles. The number of nitrogens with zero attached hydrogens (tertiary/aromatic N) is 4. The van der Waals surface area contributed by atoms with Crippen LogP contribution in [0.4, 0.5) is 0 Å². The van der Waals surface area contributed by atoms with Gasteiger partial charge in [-0.25, -0.2) is 4.98 Å². The molecule has 0 fully saturated rings. The van der Waals surface area contributed by atoms with Crippen LogP contribution < -0.4 is 0 Å². The van der Waals surface area contributed by atoms with Gasteiger partial charge in [0, 0.05) is 18.2 Å². The quantitative estimate of drug-likeness (QED) is 0.452. The average molecular weight is 405 g/mol. The first-order valence-electron chi connectivity index (χ1n) is 8.85. The number of hydrogen-bond donors (Lipinski definition) is 0. The van der Waals surface area contributed by atoms with Crippen molar-refractivity contribution in [1.29, 1.82) is 0 Å². The summed E-state index contributed by atoms with van der Waals surface area (Å²) in [6, 6.07) is 19.3. The van der Waals surface area contributed by atoms with E-state index in [1.165, 1.54) is 22.3 Å². The van der Waals surface area contributed by atoms with E-state index in [2.05, 4.69) is 96.4 Å². The molecule has 0 bridgehead atoms. The van der Waals surface area contributed by atoms with Crippen LogP contribution in [0.2, 0.25) is 0 Å². The molecule has 6 heteroatoms. The molecule has 2 aromatic carbocycles. The number of para-hydroxylation sites is 2. The van der Waals surface area contributed by atoms with Crippen molar-refractivity contribution >= 4 is 41.6 Å². The van der Waals surface area contributed by atoms with Gasteiger partial charge in [-0.15, -0.1) is 24.8 Å². The van der Waals surface area contributed by atoms with Crippen LogP contribution in [0.3, 0.4) is 0 Å². The van der Waals surface area contributed by atoms with Crippen molar-refractivity contribution in [2.24, 2.45) is 0 Å². The Morgan fingerprint density at radius 3 is 2.11 bits per heavy atom. The minimum atomic E-state index is 0. The van der Waals surface area contributed by atoms with E-state index in [4.69, 9.17) is 4.98 Å². The van der Waals surface area contributed by atoms with E-state index in [9.17, 15) is 0 Å². The second kappa shape index (κ2) is 8.34. The molecule has 1 atom stereocenters. The molecule has 0 aliphatic carbocycles. The van der Waals surface area contributed by atoms with Crippen molar-refractivity contribution in [3.05, 3.63) is 60.3 Å². The summed E-state index contributed by atoms with van der Waals surface area (Å²) < 4.78 is 4.64. The van der Waals surface area contributed by atoms with Crippen LogP contribution in [-0.4, -0.2) is 32.9 Å². The highest BCUT2D eigenvalue weighted by Gasteiger charge is 2.24. The van der Waals surface area contributed by atoms with E-state index in [0.29, 0.717) is 0 Å². The molecule has 144 valence electrons. The lowest BCUT2D eigenvalue weighted by atomic mass is 10.1. The number of aryl methyl sites for hydroxylation is 1. The molecule has 0 aliphatic rings. The van der Waals surface area contributed by atoms with Gasteiger partial charge in [0.1, 0.15) is 0 Å². The fraction of sp³-hybridized carbons (Fsp3) is 0.286. The van der Waals surface area contributed by atoms with Crippen LogP contribution in [0.15, 0.2) is 54.6 Å². The molecule has 0 spiro atoms. The Morgan fingerprint density at radius 1 is 0.926 bits per heavy atom. The zero-order chi connectivity index (χ0) is 17.6. The molecular formula is C21H26Cl2N4. The highest BCUT2D eigenvalue weighted by molar-refractivity contribution is 5.86. The summed E-state index contributed by atoms with van der Waals surface area (Å²) in [5, 5.41) is 0. The van der Waals surface area contributed by atoms with Crippen molar-refractivity contribution < 1.29 is 0 Å². The molecule has 0 amide bonds. The van der Waals surface area contributed by atoms with E-state index in [1.807, 2.05) is 0 Å².